The number of nitrogens with one attached hydrogen (secondary N) is 1. The van der Waals surface area contributed by atoms with E-state index in [1.165, 1.54) is 30.6 Å². The molecular formula is C15H24N2. The molecule has 0 spiro atoms. The van der Waals surface area contributed by atoms with E-state index in [0.29, 0.717) is 12.0 Å². The van der Waals surface area contributed by atoms with E-state index in [4.69, 9.17) is 0 Å². The van der Waals surface area contributed by atoms with Gasteiger partial charge in [0.25, 0.3) is 0 Å². The molecule has 1 aliphatic heterocycles. The van der Waals surface area contributed by atoms with Gasteiger partial charge in [0, 0.05) is 24.2 Å². The van der Waals surface area contributed by atoms with Crippen molar-refractivity contribution in [1.29, 1.82) is 0 Å². The second-order valence-corrected chi connectivity index (χ2v) is 5.19. The van der Waals surface area contributed by atoms with Gasteiger partial charge in [0.1, 0.15) is 0 Å². The van der Waals surface area contributed by atoms with Crippen molar-refractivity contribution in [2.75, 3.05) is 25.5 Å². The first-order valence-electron chi connectivity index (χ1n) is 6.75. The van der Waals surface area contributed by atoms with Crippen molar-refractivity contribution in [2.24, 2.45) is 0 Å². The van der Waals surface area contributed by atoms with Gasteiger partial charge in [-0.15, -0.1) is 0 Å². The van der Waals surface area contributed by atoms with Gasteiger partial charge >= 0.3 is 0 Å². The van der Waals surface area contributed by atoms with Crippen LogP contribution >= 0.6 is 0 Å². The van der Waals surface area contributed by atoms with Crippen LogP contribution in [0.2, 0.25) is 0 Å². The SMILES string of the molecule is CCC(C)N(C)CCC1CNc2ccccc21. The largest absolute Gasteiger partial charge is 0.384 e. The molecule has 2 unspecified atom stereocenters. The van der Waals surface area contributed by atoms with Crippen molar-refractivity contribution >= 4 is 5.69 Å². The standard InChI is InChI=1S/C15H24N2/c1-4-12(2)17(3)10-9-13-11-16-15-8-6-5-7-14(13)15/h5-8,12-13,16H,4,9-11H2,1-3H3. The Labute approximate surface area is 105 Å². The summed E-state index contributed by atoms with van der Waals surface area (Å²) in [6.45, 7) is 6.86. The number of rotatable bonds is 5. The summed E-state index contributed by atoms with van der Waals surface area (Å²) in [6.07, 6.45) is 2.49. The monoisotopic (exact) mass is 232 g/mol. The molecule has 0 radical (unpaired) electrons. The van der Waals surface area contributed by atoms with Crippen molar-refractivity contribution < 1.29 is 0 Å². The first-order valence-corrected chi connectivity index (χ1v) is 6.75. The molecule has 1 aromatic rings. The third-order valence-electron chi connectivity index (χ3n) is 4.11. The van der Waals surface area contributed by atoms with Gasteiger partial charge in [-0.2, -0.15) is 0 Å². The Morgan fingerprint density at radius 3 is 2.94 bits per heavy atom. The molecule has 0 aromatic heterocycles. The molecule has 0 bridgehead atoms. The predicted molar refractivity (Wildman–Crippen MR) is 74.7 cm³/mol. The molecule has 1 aromatic carbocycles. The number of hydrogen-bond donors (Lipinski definition) is 1. The summed E-state index contributed by atoms with van der Waals surface area (Å²) in [4.78, 5) is 2.47. The van der Waals surface area contributed by atoms with Crippen molar-refractivity contribution in [2.45, 2.75) is 38.6 Å². The highest BCUT2D eigenvalue weighted by atomic mass is 15.1. The van der Waals surface area contributed by atoms with Crippen LogP contribution in [0.4, 0.5) is 5.69 Å². The fraction of sp³-hybridized carbons (Fsp3) is 0.600. The minimum atomic E-state index is 0.692. The van der Waals surface area contributed by atoms with Gasteiger partial charge in [0.05, 0.1) is 0 Å². The lowest BCUT2D eigenvalue weighted by atomic mass is 9.97. The number of benzene rings is 1. The van der Waals surface area contributed by atoms with E-state index in [9.17, 15) is 0 Å². The first kappa shape index (κ1) is 12.4. The maximum atomic E-state index is 3.50. The highest BCUT2D eigenvalue weighted by Crippen LogP contribution is 2.33. The highest BCUT2D eigenvalue weighted by Gasteiger charge is 2.21. The van der Waals surface area contributed by atoms with Gasteiger partial charge in [0.15, 0.2) is 0 Å². The van der Waals surface area contributed by atoms with Crippen molar-refractivity contribution in [1.82, 2.24) is 4.90 Å². The van der Waals surface area contributed by atoms with Crippen molar-refractivity contribution in [3.8, 4) is 0 Å². The van der Waals surface area contributed by atoms with Gasteiger partial charge in [0.2, 0.25) is 0 Å². The minimum Gasteiger partial charge on any atom is -0.384 e. The summed E-state index contributed by atoms with van der Waals surface area (Å²) in [5.74, 6) is 0.692. The van der Waals surface area contributed by atoms with Crippen LogP contribution in [0.1, 0.15) is 38.2 Å². The Hall–Kier alpha value is -1.02. The van der Waals surface area contributed by atoms with E-state index in [1.54, 1.807) is 0 Å². The number of nitrogens with zero attached hydrogens (tertiary/aromatic N) is 1. The maximum Gasteiger partial charge on any atom is 0.0376 e. The number of hydrogen-bond acceptors (Lipinski definition) is 2. The predicted octanol–water partition coefficient (Wildman–Crippen LogP) is 3.32. The zero-order valence-corrected chi connectivity index (χ0v) is 11.2. The molecule has 2 rings (SSSR count). The molecule has 0 amide bonds. The average Bonchev–Trinajstić information content (AvgIpc) is 2.78. The number of fused-ring (bicyclic) bond motifs is 1. The summed E-state index contributed by atoms with van der Waals surface area (Å²) in [5.41, 5.74) is 2.84. The lowest BCUT2D eigenvalue weighted by Gasteiger charge is -2.24. The molecule has 0 saturated heterocycles. The van der Waals surface area contributed by atoms with Crippen LogP contribution in [0.25, 0.3) is 0 Å². The van der Waals surface area contributed by atoms with Crippen LogP contribution in [0.3, 0.4) is 0 Å². The second kappa shape index (κ2) is 5.54. The molecule has 2 nitrogen and oxygen atoms in total. The van der Waals surface area contributed by atoms with E-state index in [-0.39, 0.29) is 0 Å². The molecule has 0 aliphatic carbocycles. The molecular weight excluding hydrogens is 208 g/mol. The van der Waals surface area contributed by atoms with Gasteiger partial charge < -0.3 is 10.2 Å². The van der Waals surface area contributed by atoms with Crippen LogP contribution < -0.4 is 5.32 Å². The van der Waals surface area contributed by atoms with E-state index in [2.05, 4.69) is 55.4 Å². The van der Waals surface area contributed by atoms with Crippen molar-refractivity contribution in [3.63, 3.8) is 0 Å². The van der Waals surface area contributed by atoms with Crippen molar-refractivity contribution in [3.05, 3.63) is 29.8 Å². The Morgan fingerprint density at radius 1 is 1.41 bits per heavy atom. The molecule has 0 saturated carbocycles. The Morgan fingerprint density at radius 2 is 2.18 bits per heavy atom. The van der Waals surface area contributed by atoms with E-state index in [1.807, 2.05) is 0 Å². The topological polar surface area (TPSA) is 15.3 Å². The molecule has 0 fully saturated rings. The molecule has 17 heavy (non-hydrogen) atoms. The first-order chi connectivity index (χ1) is 8.22. The molecule has 1 heterocycles. The van der Waals surface area contributed by atoms with Gasteiger partial charge in [-0.3, -0.25) is 0 Å². The van der Waals surface area contributed by atoms with Crippen LogP contribution in [0.5, 0.6) is 0 Å². The Bertz CT molecular complexity index is 362. The summed E-state index contributed by atoms with van der Waals surface area (Å²) >= 11 is 0. The lowest BCUT2D eigenvalue weighted by Crippen LogP contribution is -2.30. The Balaban J connectivity index is 1.90. The lowest BCUT2D eigenvalue weighted by molar-refractivity contribution is 0.244. The average molecular weight is 232 g/mol. The zero-order valence-electron chi connectivity index (χ0n) is 11.2. The third-order valence-corrected chi connectivity index (χ3v) is 4.11. The second-order valence-electron chi connectivity index (χ2n) is 5.19. The maximum absolute atomic E-state index is 3.50. The van der Waals surface area contributed by atoms with Crippen LogP contribution in [-0.2, 0) is 0 Å². The molecule has 94 valence electrons. The van der Waals surface area contributed by atoms with Gasteiger partial charge in [-0.1, -0.05) is 25.1 Å². The van der Waals surface area contributed by atoms with Crippen LogP contribution in [-0.4, -0.2) is 31.1 Å². The van der Waals surface area contributed by atoms with E-state index < -0.39 is 0 Å². The molecule has 1 aliphatic rings. The minimum absolute atomic E-state index is 0.692. The van der Waals surface area contributed by atoms with Crippen LogP contribution in [0.15, 0.2) is 24.3 Å². The molecule has 2 atom stereocenters. The van der Waals surface area contributed by atoms with Gasteiger partial charge in [-0.05, 0) is 45.0 Å². The highest BCUT2D eigenvalue weighted by molar-refractivity contribution is 5.57. The van der Waals surface area contributed by atoms with E-state index in [0.717, 1.165) is 6.54 Å². The number of anilines is 1. The van der Waals surface area contributed by atoms with E-state index >= 15 is 0 Å². The summed E-state index contributed by atoms with van der Waals surface area (Å²) in [7, 11) is 2.24. The Kier molecular flexibility index (Phi) is 4.06. The quantitative estimate of drug-likeness (QED) is 0.838. The zero-order chi connectivity index (χ0) is 12.3. The molecule has 1 N–H and O–H groups in total. The normalized spacial score (nSPS) is 20.1. The molecule has 2 heteroatoms. The summed E-state index contributed by atoms with van der Waals surface area (Å²) < 4.78 is 0. The smallest absolute Gasteiger partial charge is 0.0376 e. The fourth-order valence-corrected chi connectivity index (χ4v) is 2.51. The summed E-state index contributed by atoms with van der Waals surface area (Å²) in [6, 6.07) is 9.41. The fourth-order valence-electron chi connectivity index (χ4n) is 2.51. The summed E-state index contributed by atoms with van der Waals surface area (Å²) in [5, 5.41) is 3.50. The van der Waals surface area contributed by atoms with Gasteiger partial charge in [-0.25, -0.2) is 0 Å². The third kappa shape index (κ3) is 2.81. The number of para-hydroxylation sites is 1. The van der Waals surface area contributed by atoms with Crippen LogP contribution in [0, 0.1) is 0 Å².